The van der Waals surface area contributed by atoms with E-state index < -0.39 is 0 Å². The van der Waals surface area contributed by atoms with Crippen molar-refractivity contribution in [2.75, 3.05) is 7.11 Å². The summed E-state index contributed by atoms with van der Waals surface area (Å²) in [6, 6.07) is 16.0. The molecule has 9 heteroatoms. The monoisotopic (exact) mass is 489 g/mol. The van der Waals surface area contributed by atoms with Crippen LogP contribution in [0.2, 0.25) is 0 Å². The van der Waals surface area contributed by atoms with Crippen molar-refractivity contribution in [3.05, 3.63) is 80.7 Å². The van der Waals surface area contributed by atoms with E-state index in [4.69, 9.17) is 9.72 Å². The van der Waals surface area contributed by atoms with Gasteiger partial charge in [0, 0.05) is 10.6 Å². The maximum absolute atomic E-state index is 12.7. The molecule has 7 nitrogen and oxygen atoms in total. The summed E-state index contributed by atoms with van der Waals surface area (Å²) in [7, 11) is 1.65. The van der Waals surface area contributed by atoms with E-state index in [1.807, 2.05) is 54.8 Å². The topological polar surface area (TPSA) is 85.7 Å². The van der Waals surface area contributed by atoms with Crippen molar-refractivity contribution < 1.29 is 4.74 Å². The standard InChI is InChI=1S/C25H23N5O2S2/c1-14-9-11-17(12-10-14)30-22(18-7-5-6-8-19(18)32-4)28-29-25(30)33-13-20-26-23(31)21-15(2)16(3)34-24(21)27-20/h5-12H,13H2,1-4H3,(H,26,27,31). The lowest BCUT2D eigenvalue weighted by Crippen LogP contribution is -2.11. The Balaban J connectivity index is 1.56. The van der Waals surface area contributed by atoms with E-state index >= 15 is 0 Å². The first-order chi connectivity index (χ1) is 16.5. The zero-order chi connectivity index (χ0) is 23.8. The molecule has 0 unspecified atom stereocenters. The SMILES string of the molecule is COc1ccccc1-c1nnc(SCc2nc3sc(C)c(C)c3c(=O)[nH]2)n1-c1ccc(C)cc1. The van der Waals surface area contributed by atoms with E-state index in [-0.39, 0.29) is 5.56 Å². The van der Waals surface area contributed by atoms with E-state index in [0.717, 1.165) is 32.3 Å². The molecule has 34 heavy (non-hydrogen) atoms. The maximum atomic E-state index is 12.7. The van der Waals surface area contributed by atoms with Crippen LogP contribution in [-0.2, 0) is 5.75 Å². The summed E-state index contributed by atoms with van der Waals surface area (Å²) in [5, 5.41) is 10.4. The fourth-order valence-corrected chi connectivity index (χ4v) is 5.67. The van der Waals surface area contributed by atoms with Crippen LogP contribution in [0.15, 0.2) is 58.5 Å². The van der Waals surface area contributed by atoms with Gasteiger partial charge in [0.1, 0.15) is 16.4 Å². The third kappa shape index (κ3) is 4.01. The predicted molar refractivity (Wildman–Crippen MR) is 137 cm³/mol. The predicted octanol–water partition coefficient (Wildman–Crippen LogP) is 5.46. The number of thiophene rings is 1. The second-order valence-electron chi connectivity index (χ2n) is 7.94. The number of hydrogen-bond acceptors (Lipinski definition) is 7. The molecule has 0 atom stereocenters. The number of methoxy groups -OCH3 is 1. The molecule has 172 valence electrons. The molecule has 0 fully saturated rings. The molecule has 2 aromatic carbocycles. The Morgan fingerprint density at radius 2 is 1.82 bits per heavy atom. The van der Waals surface area contributed by atoms with Crippen LogP contribution in [0, 0.1) is 20.8 Å². The third-order valence-corrected chi connectivity index (χ3v) is 7.74. The molecule has 0 saturated carbocycles. The first kappa shape index (κ1) is 22.4. The molecule has 0 aliphatic carbocycles. The number of para-hydroxylation sites is 1. The lowest BCUT2D eigenvalue weighted by molar-refractivity contribution is 0.416. The fraction of sp³-hybridized carbons (Fsp3) is 0.200. The average molecular weight is 490 g/mol. The van der Waals surface area contributed by atoms with E-state index in [9.17, 15) is 4.79 Å². The van der Waals surface area contributed by atoms with Crippen molar-refractivity contribution in [2.24, 2.45) is 0 Å². The Bertz CT molecular complexity index is 1550. The summed E-state index contributed by atoms with van der Waals surface area (Å²) in [6.45, 7) is 6.03. The van der Waals surface area contributed by atoms with Gasteiger partial charge in [-0.15, -0.1) is 21.5 Å². The zero-order valence-corrected chi connectivity index (χ0v) is 20.9. The van der Waals surface area contributed by atoms with Crippen LogP contribution in [0.1, 0.15) is 21.8 Å². The molecule has 0 radical (unpaired) electrons. The first-order valence-corrected chi connectivity index (χ1v) is 12.5. The molecule has 0 saturated heterocycles. The molecule has 5 aromatic rings. The van der Waals surface area contributed by atoms with Gasteiger partial charge >= 0.3 is 0 Å². The van der Waals surface area contributed by atoms with Gasteiger partial charge in [-0.2, -0.15) is 0 Å². The summed E-state index contributed by atoms with van der Waals surface area (Å²) in [6.07, 6.45) is 0. The van der Waals surface area contributed by atoms with Gasteiger partial charge in [-0.25, -0.2) is 4.98 Å². The minimum atomic E-state index is -0.0998. The largest absolute Gasteiger partial charge is 0.496 e. The molecule has 5 rings (SSSR count). The molecule has 3 aromatic heterocycles. The quantitative estimate of drug-likeness (QED) is 0.319. The number of fused-ring (bicyclic) bond motifs is 1. The summed E-state index contributed by atoms with van der Waals surface area (Å²) in [4.78, 5) is 22.2. The Labute approximate surface area is 204 Å². The molecule has 0 aliphatic heterocycles. The maximum Gasteiger partial charge on any atom is 0.259 e. The lowest BCUT2D eigenvalue weighted by Gasteiger charge is -2.12. The van der Waals surface area contributed by atoms with Crippen LogP contribution < -0.4 is 10.3 Å². The van der Waals surface area contributed by atoms with Crippen molar-refractivity contribution in [3.63, 3.8) is 0 Å². The molecule has 1 N–H and O–H groups in total. The number of aromatic nitrogens is 5. The molecule has 3 heterocycles. The van der Waals surface area contributed by atoms with Gasteiger partial charge in [0.25, 0.3) is 5.56 Å². The molecular weight excluding hydrogens is 466 g/mol. The number of rotatable bonds is 6. The molecule has 0 spiro atoms. The molecule has 0 aliphatic rings. The van der Waals surface area contributed by atoms with Gasteiger partial charge < -0.3 is 9.72 Å². The van der Waals surface area contributed by atoms with Crippen LogP contribution in [0.4, 0.5) is 0 Å². The van der Waals surface area contributed by atoms with Crippen LogP contribution in [0.25, 0.3) is 27.3 Å². The number of H-pyrrole nitrogens is 1. The third-order valence-electron chi connectivity index (χ3n) is 5.70. The van der Waals surface area contributed by atoms with E-state index in [1.54, 1.807) is 18.4 Å². The van der Waals surface area contributed by atoms with Crippen molar-refractivity contribution in [2.45, 2.75) is 31.7 Å². The summed E-state index contributed by atoms with van der Waals surface area (Å²) < 4.78 is 7.59. The number of aromatic amines is 1. The summed E-state index contributed by atoms with van der Waals surface area (Å²) in [5.74, 6) is 2.47. The first-order valence-electron chi connectivity index (χ1n) is 10.7. The Morgan fingerprint density at radius 1 is 1.06 bits per heavy atom. The van der Waals surface area contributed by atoms with E-state index in [2.05, 4.69) is 34.2 Å². The summed E-state index contributed by atoms with van der Waals surface area (Å²) in [5.41, 5.74) is 3.86. The Morgan fingerprint density at radius 3 is 2.59 bits per heavy atom. The van der Waals surface area contributed by atoms with Gasteiger partial charge in [0.15, 0.2) is 11.0 Å². The normalized spacial score (nSPS) is 11.3. The van der Waals surface area contributed by atoms with Crippen molar-refractivity contribution >= 4 is 33.3 Å². The average Bonchev–Trinajstić information content (AvgIpc) is 3.38. The van der Waals surface area contributed by atoms with Crippen molar-refractivity contribution in [3.8, 4) is 22.8 Å². The van der Waals surface area contributed by atoms with Crippen LogP contribution in [0.5, 0.6) is 5.75 Å². The molecular formula is C25H23N5O2S2. The number of nitrogens with zero attached hydrogens (tertiary/aromatic N) is 4. The van der Waals surface area contributed by atoms with Crippen molar-refractivity contribution in [1.82, 2.24) is 24.7 Å². The number of thioether (sulfide) groups is 1. The summed E-state index contributed by atoms with van der Waals surface area (Å²) >= 11 is 3.03. The van der Waals surface area contributed by atoms with Gasteiger partial charge in [-0.05, 0) is 50.6 Å². The second-order valence-corrected chi connectivity index (χ2v) is 10.1. The number of ether oxygens (including phenoxy) is 1. The Hall–Kier alpha value is -3.43. The highest BCUT2D eigenvalue weighted by Gasteiger charge is 2.20. The number of aryl methyl sites for hydroxylation is 3. The number of benzene rings is 2. The van der Waals surface area contributed by atoms with Crippen molar-refractivity contribution in [1.29, 1.82) is 0 Å². The number of hydrogen-bond donors (Lipinski definition) is 1. The van der Waals surface area contributed by atoms with Gasteiger partial charge in [-0.1, -0.05) is 41.6 Å². The second kappa shape index (κ2) is 9.08. The molecule has 0 amide bonds. The smallest absolute Gasteiger partial charge is 0.259 e. The highest BCUT2D eigenvalue weighted by atomic mass is 32.2. The Kier molecular flexibility index (Phi) is 5.97. The minimum absolute atomic E-state index is 0.0998. The van der Waals surface area contributed by atoms with Crippen LogP contribution >= 0.6 is 23.1 Å². The molecule has 0 bridgehead atoms. The minimum Gasteiger partial charge on any atom is -0.496 e. The van der Waals surface area contributed by atoms with Gasteiger partial charge in [0.2, 0.25) is 0 Å². The lowest BCUT2D eigenvalue weighted by atomic mass is 10.1. The van der Waals surface area contributed by atoms with E-state index in [1.165, 1.54) is 17.3 Å². The van der Waals surface area contributed by atoms with Gasteiger partial charge in [-0.3, -0.25) is 9.36 Å². The number of nitrogens with one attached hydrogen (secondary N) is 1. The van der Waals surface area contributed by atoms with Crippen LogP contribution in [0.3, 0.4) is 0 Å². The fourth-order valence-electron chi connectivity index (χ4n) is 3.79. The van der Waals surface area contributed by atoms with Crippen LogP contribution in [-0.4, -0.2) is 31.8 Å². The highest BCUT2D eigenvalue weighted by Crippen LogP contribution is 2.34. The highest BCUT2D eigenvalue weighted by molar-refractivity contribution is 7.98. The zero-order valence-electron chi connectivity index (χ0n) is 19.2. The van der Waals surface area contributed by atoms with E-state index in [0.29, 0.717) is 27.9 Å². The van der Waals surface area contributed by atoms with Gasteiger partial charge in [0.05, 0.1) is 23.8 Å².